The molecular formula is C18H17ClN6O3. The number of halogens is 1. The lowest BCUT2D eigenvalue weighted by molar-refractivity contribution is -0.384. The zero-order valence-electron chi connectivity index (χ0n) is 15.4. The third-order valence-electron chi connectivity index (χ3n) is 3.87. The molecule has 0 bridgehead atoms. The van der Waals surface area contributed by atoms with E-state index in [1.54, 1.807) is 24.5 Å². The van der Waals surface area contributed by atoms with Crippen molar-refractivity contribution in [2.24, 2.45) is 0 Å². The lowest BCUT2D eigenvalue weighted by atomic mass is 9.92. The topological polar surface area (TPSA) is 116 Å². The maximum atomic E-state index is 12.8. The number of non-ortho nitro benzene ring substituents is 1. The molecule has 0 atom stereocenters. The molecule has 28 heavy (non-hydrogen) atoms. The average Bonchev–Trinajstić information content (AvgIpc) is 3.06. The van der Waals surface area contributed by atoms with Crippen molar-refractivity contribution in [1.82, 2.24) is 19.7 Å². The third-order valence-corrected chi connectivity index (χ3v) is 4.20. The first kappa shape index (κ1) is 19.4. The molecule has 0 spiro atoms. The van der Waals surface area contributed by atoms with Crippen LogP contribution in [0.4, 0.5) is 11.5 Å². The Morgan fingerprint density at radius 2 is 1.89 bits per heavy atom. The Morgan fingerprint density at radius 3 is 2.50 bits per heavy atom. The van der Waals surface area contributed by atoms with Crippen molar-refractivity contribution in [3.8, 4) is 5.95 Å². The number of nitro groups is 1. The van der Waals surface area contributed by atoms with Crippen LogP contribution < -0.4 is 5.32 Å². The predicted octanol–water partition coefficient (Wildman–Crippen LogP) is 3.77. The highest BCUT2D eigenvalue weighted by Crippen LogP contribution is 2.27. The number of hydrogen-bond donors (Lipinski definition) is 1. The van der Waals surface area contributed by atoms with Crippen LogP contribution in [0.1, 0.15) is 36.8 Å². The zero-order valence-corrected chi connectivity index (χ0v) is 16.1. The Balaban J connectivity index is 2.02. The number of benzene rings is 1. The van der Waals surface area contributed by atoms with E-state index in [1.165, 1.54) is 16.8 Å². The number of rotatable bonds is 4. The largest absolute Gasteiger partial charge is 0.306 e. The summed E-state index contributed by atoms with van der Waals surface area (Å²) in [4.78, 5) is 31.5. The molecule has 3 aromatic rings. The van der Waals surface area contributed by atoms with Crippen LogP contribution in [0, 0.1) is 10.1 Å². The van der Waals surface area contributed by atoms with E-state index in [9.17, 15) is 14.9 Å². The van der Waals surface area contributed by atoms with Gasteiger partial charge in [-0.1, -0.05) is 32.4 Å². The van der Waals surface area contributed by atoms with Gasteiger partial charge in [-0.25, -0.2) is 9.97 Å². The summed E-state index contributed by atoms with van der Waals surface area (Å²) in [5, 5.41) is 18.3. The van der Waals surface area contributed by atoms with Gasteiger partial charge in [0.2, 0.25) is 0 Å². The molecule has 9 nitrogen and oxygen atoms in total. The summed E-state index contributed by atoms with van der Waals surface area (Å²) < 4.78 is 1.41. The maximum absolute atomic E-state index is 12.8. The Hall–Kier alpha value is -3.33. The van der Waals surface area contributed by atoms with Gasteiger partial charge in [0.15, 0.2) is 0 Å². The summed E-state index contributed by atoms with van der Waals surface area (Å²) in [6, 6.07) is 7.05. The highest BCUT2D eigenvalue weighted by molar-refractivity contribution is 6.34. The van der Waals surface area contributed by atoms with E-state index in [4.69, 9.17) is 11.6 Å². The minimum Gasteiger partial charge on any atom is -0.306 e. The number of nitrogens with one attached hydrogen (secondary N) is 1. The van der Waals surface area contributed by atoms with Gasteiger partial charge in [-0.3, -0.25) is 14.9 Å². The van der Waals surface area contributed by atoms with Gasteiger partial charge in [0, 0.05) is 36.0 Å². The molecule has 0 unspecified atom stereocenters. The number of anilines is 1. The van der Waals surface area contributed by atoms with E-state index >= 15 is 0 Å². The van der Waals surface area contributed by atoms with Crippen LogP contribution in [0.2, 0.25) is 5.02 Å². The first-order chi connectivity index (χ1) is 13.2. The number of nitro benzene ring substituents is 1. The summed E-state index contributed by atoms with van der Waals surface area (Å²) >= 11 is 6.07. The molecule has 0 saturated heterocycles. The SMILES string of the molecule is CC(C)(C)c1cc(NC(=O)c2cc([N+](=O)[O-])ccc2Cl)n(-c2ncccn2)n1. The molecule has 10 heteroatoms. The summed E-state index contributed by atoms with van der Waals surface area (Å²) in [6.45, 7) is 5.94. The molecule has 0 aliphatic rings. The van der Waals surface area contributed by atoms with Gasteiger partial charge in [0.25, 0.3) is 17.5 Å². The normalized spacial score (nSPS) is 11.3. The number of aromatic nitrogens is 4. The molecule has 1 N–H and O–H groups in total. The summed E-state index contributed by atoms with van der Waals surface area (Å²) in [5.41, 5.74) is 0.169. The van der Waals surface area contributed by atoms with Gasteiger partial charge in [-0.05, 0) is 12.1 Å². The molecule has 144 valence electrons. The van der Waals surface area contributed by atoms with E-state index in [2.05, 4.69) is 20.4 Å². The monoisotopic (exact) mass is 400 g/mol. The first-order valence-corrected chi connectivity index (χ1v) is 8.68. The number of carbonyl (C=O) groups is 1. The molecule has 0 aliphatic heterocycles. The molecule has 3 rings (SSSR count). The Labute approximate surface area is 165 Å². The molecule has 2 aromatic heterocycles. The maximum Gasteiger partial charge on any atom is 0.270 e. The van der Waals surface area contributed by atoms with Crippen LogP contribution >= 0.6 is 11.6 Å². The molecule has 1 amide bonds. The Morgan fingerprint density at radius 1 is 1.21 bits per heavy atom. The zero-order chi connectivity index (χ0) is 20.5. The molecular weight excluding hydrogens is 384 g/mol. The van der Waals surface area contributed by atoms with Crippen LogP contribution in [-0.2, 0) is 5.41 Å². The van der Waals surface area contributed by atoms with Gasteiger partial charge in [-0.2, -0.15) is 9.78 Å². The van der Waals surface area contributed by atoms with Crippen molar-refractivity contribution in [3.05, 3.63) is 69.1 Å². The van der Waals surface area contributed by atoms with Crippen LogP contribution in [0.5, 0.6) is 0 Å². The van der Waals surface area contributed by atoms with Crippen molar-refractivity contribution >= 4 is 29.0 Å². The van der Waals surface area contributed by atoms with Crippen LogP contribution in [0.15, 0.2) is 42.7 Å². The number of hydrogen-bond acceptors (Lipinski definition) is 6. The second-order valence-electron chi connectivity index (χ2n) is 7.00. The van der Waals surface area contributed by atoms with Crippen LogP contribution in [0.3, 0.4) is 0 Å². The highest BCUT2D eigenvalue weighted by Gasteiger charge is 2.23. The highest BCUT2D eigenvalue weighted by atomic mass is 35.5. The van der Waals surface area contributed by atoms with E-state index in [-0.39, 0.29) is 27.6 Å². The molecule has 0 saturated carbocycles. The summed E-state index contributed by atoms with van der Waals surface area (Å²) in [7, 11) is 0. The third kappa shape index (κ3) is 3.99. The molecule has 2 heterocycles. The van der Waals surface area contributed by atoms with Crippen molar-refractivity contribution < 1.29 is 9.72 Å². The van der Waals surface area contributed by atoms with E-state index in [1.807, 2.05) is 20.8 Å². The van der Waals surface area contributed by atoms with E-state index in [0.717, 1.165) is 6.07 Å². The van der Waals surface area contributed by atoms with Gasteiger partial charge < -0.3 is 5.32 Å². The number of amides is 1. The lowest BCUT2D eigenvalue weighted by Crippen LogP contribution is -2.17. The van der Waals surface area contributed by atoms with Crippen LogP contribution in [0.25, 0.3) is 5.95 Å². The lowest BCUT2D eigenvalue weighted by Gasteiger charge is -2.13. The van der Waals surface area contributed by atoms with Crippen molar-refractivity contribution in [3.63, 3.8) is 0 Å². The van der Waals surface area contributed by atoms with Gasteiger partial charge >= 0.3 is 0 Å². The average molecular weight is 401 g/mol. The van der Waals surface area contributed by atoms with E-state index in [0.29, 0.717) is 11.5 Å². The quantitative estimate of drug-likeness (QED) is 0.526. The van der Waals surface area contributed by atoms with Crippen molar-refractivity contribution in [2.75, 3.05) is 5.32 Å². The smallest absolute Gasteiger partial charge is 0.270 e. The van der Waals surface area contributed by atoms with Gasteiger partial charge in [-0.15, -0.1) is 0 Å². The minimum absolute atomic E-state index is 0.0186. The van der Waals surface area contributed by atoms with Gasteiger partial charge in [0.05, 0.1) is 21.2 Å². The standard InChI is InChI=1S/C18H17ClN6O3/c1-18(2,3)14-10-15(24(23-14)17-20-7-4-8-21-17)22-16(26)12-9-11(25(27)28)5-6-13(12)19/h4-10H,1-3H3,(H,22,26). The fraction of sp³-hybridized carbons (Fsp3) is 0.222. The van der Waals surface area contributed by atoms with Crippen molar-refractivity contribution in [2.45, 2.75) is 26.2 Å². The molecule has 0 fully saturated rings. The first-order valence-electron chi connectivity index (χ1n) is 8.30. The van der Waals surface area contributed by atoms with Crippen molar-refractivity contribution in [1.29, 1.82) is 0 Å². The predicted molar refractivity (Wildman–Crippen MR) is 104 cm³/mol. The second kappa shape index (κ2) is 7.35. The molecule has 1 aromatic carbocycles. The molecule has 0 aliphatic carbocycles. The van der Waals surface area contributed by atoms with Gasteiger partial charge in [0.1, 0.15) is 5.82 Å². The summed E-state index contributed by atoms with van der Waals surface area (Å²) in [5.74, 6) is -0.00613. The summed E-state index contributed by atoms with van der Waals surface area (Å²) in [6.07, 6.45) is 3.12. The van der Waals surface area contributed by atoms with Crippen LogP contribution in [-0.4, -0.2) is 30.6 Å². The fourth-order valence-corrected chi connectivity index (χ4v) is 2.58. The number of carbonyl (C=O) groups excluding carboxylic acids is 1. The van der Waals surface area contributed by atoms with E-state index < -0.39 is 10.8 Å². The molecule has 0 radical (unpaired) electrons. The second-order valence-corrected chi connectivity index (χ2v) is 7.41. The minimum atomic E-state index is -0.605. The Bertz CT molecular complexity index is 1040. The fourth-order valence-electron chi connectivity index (χ4n) is 2.37. The number of nitrogens with zero attached hydrogens (tertiary/aromatic N) is 5. The Kier molecular flexibility index (Phi) is 5.10.